The van der Waals surface area contributed by atoms with E-state index < -0.39 is 12.6 Å². The van der Waals surface area contributed by atoms with Crippen LogP contribution in [-0.2, 0) is 21.8 Å². The van der Waals surface area contributed by atoms with Gasteiger partial charge in [-0.1, -0.05) is 0 Å². The maximum Gasteiger partial charge on any atom is 0.387 e. The summed E-state index contributed by atoms with van der Waals surface area (Å²) in [6.07, 6.45) is -0.0167. The van der Waals surface area contributed by atoms with Gasteiger partial charge in [-0.25, -0.2) is 0 Å². The highest BCUT2D eigenvalue weighted by Crippen LogP contribution is 2.25. The summed E-state index contributed by atoms with van der Waals surface area (Å²) in [5.41, 5.74) is 1.98. The molecule has 0 bridgehead atoms. The van der Waals surface area contributed by atoms with E-state index in [9.17, 15) is 13.6 Å². The molecule has 0 amide bonds. The molecule has 0 saturated carbocycles. The Morgan fingerprint density at radius 3 is 2.63 bits per heavy atom. The minimum atomic E-state index is -2.91. The number of carbonyl (C=O) groups excluding carboxylic acids is 1. The molecular weight excluding hydrogens is 278 g/mol. The van der Waals surface area contributed by atoms with Crippen molar-refractivity contribution in [3.05, 3.63) is 28.8 Å². The van der Waals surface area contributed by atoms with Crippen molar-refractivity contribution in [2.24, 2.45) is 0 Å². The first kappa shape index (κ1) is 15.7. The van der Waals surface area contributed by atoms with E-state index in [1.807, 2.05) is 0 Å². The van der Waals surface area contributed by atoms with Crippen molar-refractivity contribution in [3.8, 4) is 5.75 Å². The van der Waals surface area contributed by atoms with E-state index >= 15 is 0 Å². The normalized spacial score (nSPS) is 10.6. The number of esters is 1. The van der Waals surface area contributed by atoms with Gasteiger partial charge in [-0.2, -0.15) is 8.78 Å². The second kappa shape index (κ2) is 7.28. The van der Waals surface area contributed by atoms with Gasteiger partial charge in [0, 0.05) is 5.88 Å². The maximum absolute atomic E-state index is 12.2. The smallest absolute Gasteiger partial charge is 0.387 e. The maximum atomic E-state index is 12.2. The lowest BCUT2D eigenvalue weighted by Gasteiger charge is -2.13. The van der Waals surface area contributed by atoms with Gasteiger partial charge >= 0.3 is 12.6 Å². The molecule has 19 heavy (non-hydrogen) atoms. The summed E-state index contributed by atoms with van der Waals surface area (Å²) in [5, 5.41) is 0. The van der Waals surface area contributed by atoms with Crippen LogP contribution in [0, 0.1) is 6.92 Å². The largest absolute Gasteiger partial charge is 0.466 e. The number of aryl methyl sites for hydroxylation is 1. The van der Waals surface area contributed by atoms with E-state index in [2.05, 4.69) is 4.74 Å². The van der Waals surface area contributed by atoms with Crippen molar-refractivity contribution in [2.45, 2.75) is 32.8 Å². The van der Waals surface area contributed by atoms with Crippen LogP contribution in [0.15, 0.2) is 12.1 Å². The average molecular weight is 293 g/mol. The van der Waals surface area contributed by atoms with E-state index in [4.69, 9.17) is 16.3 Å². The third-order valence-corrected chi connectivity index (χ3v) is 2.81. The zero-order chi connectivity index (χ0) is 14.4. The third-order valence-electron chi connectivity index (χ3n) is 2.54. The first-order valence-electron chi connectivity index (χ1n) is 5.76. The fourth-order valence-electron chi connectivity index (χ4n) is 1.74. The molecule has 0 heterocycles. The number of alkyl halides is 3. The Labute approximate surface area is 115 Å². The Morgan fingerprint density at radius 2 is 2.11 bits per heavy atom. The number of hydrogen-bond donors (Lipinski definition) is 0. The van der Waals surface area contributed by atoms with Crippen LogP contribution in [0.3, 0.4) is 0 Å². The van der Waals surface area contributed by atoms with E-state index in [0.717, 1.165) is 5.56 Å². The number of benzene rings is 1. The lowest BCUT2D eigenvalue weighted by atomic mass is 10.0. The lowest BCUT2D eigenvalue weighted by Crippen LogP contribution is -2.11. The zero-order valence-electron chi connectivity index (χ0n) is 10.7. The standard InChI is InChI=1S/C13H15ClF2O3/c1-3-18-12(17)6-9-5-10(19-13(15)16)4-8(2)11(9)7-14/h4-5,13H,3,6-7H2,1-2H3. The highest BCUT2D eigenvalue weighted by atomic mass is 35.5. The van der Waals surface area contributed by atoms with Gasteiger partial charge in [0.2, 0.25) is 0 Å². The van der Waals surface area contributed by atoms with Gasteiger partial charge < -0.3 is 9.47 Å². The van der Waals surface area contributed by atoms with Gasteiger partial charge in [0.05, 0.1) is 13.0 Å². The van der Waals surface area contributed by atoms with Crippen LogP contribution in [-0.4, -0.2) is 19.2 Å². The SMILES string of the molecule is CCOC(=O)Cc1cc(OC(F)F)cc(C)c1CCl. The van der Waals surface area contributed by atoms with Crippen LogP contribution in [0.5, 0.6) is 5.75 Å². The monoisotopic (exact) mass is 292 g/mol. The molecule has 3 nitrogen and oxygen atoms in total. The van der Waals surface area contributed by atoms with E-state index in [0.29, 0.717) is 11.1 Å². The molecule has 0 radical (unpaired) electrons. The predicted molar refractivity (Wildman–Crippen MR) is 67.7 cm³/mol. The molecule has 0 aliphatic rings. The molecule has 0 N–H and O–H groups in total. The molecule has 0 unspecified atom stereocenters. The number of hydrogen-bond acceptors (Lipinski definition) is 3. The minimum Gasteiger partial charge on any atom is -0.466 e. The van der Waals surface area contributed by atoms with Gasteiger partial charge in [-0.15, -0.1) is 11.6 Å². The van der Waals surface area contributed by atoms with Gasteiger partial charge in [-0.05, 0) is 42.7 Å². The highest BCUT2D eigenvalue weighted by Gasteiger charge is 2.14. The summed E-state index contributed by atoms with van der Waals surface area (Å²) in [7, 11) is 0. The van der Waals surface area contributed by atoms with Crippen molar-refractivity contribution >= 4 is 17.6 Å². The number of carbonyl (C=O) groups is 1. The Morgan fingerprint density at radius 1 is 1.42 bits per heavy atom. The molecular formula is C13H15ClF2O3. The Balaban J connectivity index is 3.04. The van der Waals surface area contributed by atoms with Gasteiger partial charge in [-0.3, -0.25) is 4.79 Å². The van der Waals surface area contributed by atoms with Crippen LogP contribution in [0.25, 0.3) is 0 Å². The van der Waals surface area contributed by atoms with Crippen molar-refractivity contribution in [1.29, 1.82) is 0 Å². The summed E-state index contributed by atoms with van der Waals surface area (Å²) in [6.45, 7) is 0.783. The van der Waals surface area contributed by atoms with Crippen molar-refractivity contribution < 1.29 is 23.0 Å². The van der Waals surface area contributed by atoms with Gasteiger partial charge in [0.25, 0.3) is 0 Å². The highest BCUT2D eigenvalue weighted by molar-refractivity contribution is 6.17. The van der Waals surface area contributed by atoms with Crippen molar-refractivity contribution in [1.82, 2.24) is 0 Å². The summed E-state index contributed by atoms with van der Waals surface area (Å²) < 4.78 is 33.6. The fourth-order valence-corrected chi connectivity index (χ4v) is 2.12. The molecule has 6 heteroatoms. The van der Waals surface area contributed by atoms with E-state index in [1.54, 1.807) is 13.8 Å². The lowest BCUT2D eigenvalue weighted by molar-refractivity contribution is -0.142. The van der Waals surface area contributed by atoms with Crippen LogP contribution in [0.4, 0.5) is 8.78 Å². The minimum absolute atomic E-state index is 0.0145. The Hall–Kier alpha value is -1.36. The molecule has 1 aromatic rings. The van der Waals surface area contributed by atoms with Crippen LogP contribution in [0.1, 0.15) is 23.6 Å². The molecule has 0 fully saturated rings. The molecule has 1 rings (SSSR count). The topological polar surface area (TPSA) is 35.5 Å². The summed E-state index contributed by atoms with van der Waals surface area (Å²) in [5.74, 6) is -0.224. The Kier molecular flexibility index (Phi) is 6.02. The fraction of sp³-hybridized carbons (Fsp3) is 0.462. The van der Waals surface area contributed by atoms with E-state index in [1.165, 1.54) is 12.1 Å². The second-order valence-corrected chi connectivity index (χ2v) is 4.14. The van der Waals surface area contributed by atoms with Crippen molar-refractivity contribution in [2.75, 3.05) is 6.61 Å². The van der Waals surface area contributed by atoms with Gasteiger partial charge in [0.1, 0.15) is 5.75 Å². The first-order chi connectivity index (χ1) is 8.97. The van der Waals surface area contributed by atoms with Crippen LogP contribution < -0.4 is 4.74 Å². The summed E-state index contributed by atoms with van der Waals surface area (Å²) in [4.78, 5) is 11.5. The summed E-state index contributed by atoms with van der Waals surface area (Å²) >= 11 is 5.81. The predicted octanol–water partition coefficient (Wildman–Crippen LogP) is 3.44. The third kappa shape index (κ3) is 4.67. The zero-order valence-corrected chi connectivity index (χ0v) is 11.5. The molecule has 0 aliphatic heterocycles. The van der Waals surface area contributed by atoms with Crippen LogP contribution >= 0.6 is 11.6 Å². The molecule has 106 valence electrons. The van der Waals surface area contributed by atoms with Gasteiger partial charge in [0.15, 0.2) is 0 Å². The number of ether oxygens (including phenoxy) is 2. The molecule has 0 atom stereocenters. The quantitative estimate of drug-likeness (QED) is 0.595. The molecule has 0 spiro atoms. The molecule has 0 aliphatic carbocycles. The van der Waals surface area contributed by atoms with E-state index in [-0.39, 0.29) is 24.7 Å². The summed E-state index contributed by atoms with van der Waals surface area (Å²) in [6, 6.07) is 2.87. The molecule has 0 aromatic heterocycles. The molecule has 1 aromatic carbocycles. The average Bonchev–Trinajstić information content (AvgIpc) is 2.27. The van der Waals surface area contributed by atoms with Crippen molar-refractivity contribution in [3.63, 3.8) is 0 Å². The number of rotatable bonds is 6. The molecule has 0 saturated heterocycles. The number of halogens is 3. The first-order valence-corrected chi connectivity index (χ1v) is 6.30. The Bertz CT molecular complexity index is 450. The second-order valence-electron chi connectivity index (χ2n) is 3.87. The van der Waals surface area contributed by atoms with Crippen LogP contribution in [0.2, 0.25) is 0 Å².